The van der Waals surface area contributed by atoms with Crippen molar-refractivity contribution in [2.75, 3.05) is 18.5 Å². The third-order valence-electron chi connectivity index (χ3n) is 3.33. The lowest BCUT2D eigenvalue weighted by Crippen LogP contribution is -2.15. The van der Waals surface area contributed by atoms with E-state index in [1.165, 1.54) is 23.6 Å². The first-order valence-electron chi connectivity index (χ1n) is 6.93. The Morgan fingerprint density at radius 3 is 2.67 bits per heavy atom. The smallest absolute Gasteiger partial charge is 0.259 e. The van der Waals surface area contributed by atoms with E-state index in [0.29, 0.717) is 35.4 Å². The molecule has 0 atom stereocenters. The highest BCUT2D eigenvalue weighted by atomic mass is 35.5. The molecule has 0 fully saturated rings. The number of amides is 1. The van der Waals surface area contributed by atoms with Gasteiger partial charge in [-0.3, -0.25) is 10.1 Å². The van der Waals surface area contributed by atoms with E-state index in [9.17, 15) is 4.79 Å². The van der Waals surface area contributed by atoms with Gasteiger partial charge in [-0.25, -0.2) is 9.97 Å². The van der Waals surface area contributed by atoms with Crippen LogP contribution in [-0.2, 0) is 0 Å². The van der Waals surface area contributed by atoms with Crippen molar-refractivity contribution in [3.05, 3.63) is 40.1 Å². The first-order valence-corrected chi connectivity index (χ1v) is 8.50. The molecule has 4 rings (SSSR count). The number of carbonyl (C=O) groups excluding carboxylic acids is 1. The zero-order chi connectivity index (χ0) is 16.7. The quantitative estimate of drug-likeness (QED) is 0.678. The number of carbonyl (C=O) groups is 1. The third kappa shape index (κ3) is 2.86. The monoisotopic (exact) mass is 381 g/mol. The van der Waals surface area contributed by atoms with Gasteiger partial charge in [-0.2, -0.15) is 0 Å². The van der Waals surface area contributed by atoms with Gasteiger partial charge in [0.2, 0.25) is 0 Å². The van der Waals surface area contributed by atoms with Crippen molar-refractivity contribution >= 4 is 55.8 Å². The molecule has 1 aliphatic rings. The molecular formula is C15H9Cl2N3O3S. The number of hydrogen-bond acceptors (Lipinski definition) is 6. The number of ether oxygens (including phenoxy) is 2. The maximum atomic E-state index is 12.3. The fraction of sp³-hybridized carbons (Fsp3) is 0.133. The Kier molecular flexibility index (Phi) is 3.91. The van der Waals surface area contributed by atoms with Crippen LogP contribution in [0, 0.1) is 0 Å². The van der Waals surface area contributed by atoms with E-state index in [-0.39, 0.29) is 16.1 Å². The summed E-state index contributed by atoms with van der Waals surface area (Å²) in [4.78, 5) is 20.5. The Labute approximate surface area is 150 Å². The van der Waals surface area contributed by atoms with Crippen LogP contribution >= 0.6 is 34.5 Å². The van der Waals surface area contributed by atoms with Gasteiger partial charge in [-0.15, -0.1) is 0 Å². The first kappa shape index (κ1) is 15.4. The fourth-order valence-corrected chi connectivity index (χ4v) is 3.37. The van der Waals surface area contributed by atoms with Gasteiger partial charge in [0.25, 0.3) is 5.91 Å². The molecule has 0 saturated carbocycles. The van der Waals surface area contributed by atoms with Crippen LogP contribution in [0.5, 0.6) is 11.5 Å². The highest BCUT2D eigenvalue weighted by Gasteiger charge is 2.17. The number of thiazole rings is 1. The summed E-state index contributed by atoms with van der Waals surface area (Å²) in [5.41, 5.74) is 1.03. The summed E-state index contributed by atoms with van der Waals surface area (Å²) < 4.78 is 12.0. The molecule has 0 spiro atoms. The van der Waals surface area contributed by atoms with Crippen LogP contribution in [0.25, 0.3) is 10.2 Å². The lowest BCUT2D eigenvalue weighted by Gasteiger charge is -2.17. The predicted molar refractivity (Wildman–Crippen MR) is 92.8 cm³/mol. The molecule has 24 heavy (non-hydrogen) atoms. The second-order valence-corrected chi connectivity index (χ2v) is 6.73. The molecule has 1 amide bonds. The van der Waals surface area contributed by atoms with Crippen LogP contribution in [0.3, 0.4) is 0 Å². The summed E-state index contributed by atoms with van der Waals surface area (Å²) in [5, 5.41) is 3.56. The number of nitrogens with one attached hydrogen (secondary N) is 1. The van der Waals surface area contributed by atoms with E-state index < -0.39 is 0 Å². The number of benzene rings is 1. The largest absolute Gasteiger partial charge is 0.486 e. The van der Waals surface area contributed by atoms with Crippen molar-refractivity contribution in [1.82, 2.24) is 9.97 Å². The van der Waals surface area contributed by atoms with Crippen LogP contribution in [0.4, 0.5) is 5.13 Å². The van der Waals surface area contributed by atoms with Crippen molar-refractivity contribution in [1.29, 1.82) is 0 Å². The number of nitrogens with zero attached hydrogens (tertiary/aromatic N) is 2. The van der Waals surface area contributed by atoms with Crippen molar-refractivity contribution in [2.24, 2.45) is 0 Å². The van der Waals surface area contributed by atoms with E-state index in [0.717, 1.165) is 10.2 Å². The maximum Gasteiger partial charge on any atom is 0.259 e. The van der Waals surface area contributed by atoms with Crippen LogP contribution in [0.1, 0.15) is 10.4 Å². The van der Waals surface area contributed by atoms with Gasteiger partial charge in [0.1, 0.15) is 18.4 Å². The van der Waals surface area contributed by atoms with Gasteiger partial charge in [0.05, 0.1) is 20.8 Å². The Morgan fingerprint density at radius 1 is 1.17 bits per heavy atom. The molecule has 0 saturated heterocycles. The SMILES string of the molecule is O=C(Nc1nc2cc3c(cc2s1)OCCO3)c1cnc(Cl)c(Cl)c1. The summed E-state index contributed by atoms with van der Waals surface area (Å²) >= 11 is 13.0. The Morgan fingerprint density at radius 2 is 1.92 bits per heavy atom. The summed E-state index contributed by atoms with van der Waals surface area (Å²) in [6, 6.07) is 5.12. The van der Waals surface area contributed by atoms with E-state index in [1.807, 2.05) is 6.07 Å². The minimum atomic E-state index is -0.364. The number of pyridine rings is 1. The highest BCUT2D eigenvalue weighted by Crippen LogP contribution is 2.37. The highest BCUT2D eigenvalue weighted by molar-refractivity contribution is 7.22. The Bertz CT molecular complexity index is 918. The summed E-state index contributed by atoms with van der Waals surface area (Å²) in [6.07, 6.45) is 1.36. The van der Waals surface area contributed by atoms with Gasteiger partial charge < -0.3 is 9.47 Å². The van der Waals surface area contributed by atoms with E-state index in [1.54, 1.807) is 6.07 Å². The number of aromatic nitrogens is 2. The van der Waals surface area contributed by atoms with Gasteiger partial charge in [0.15, 0.2) is 16.6 Å². The molecule has 3 aromatic rings. The van der Waals surface area contributed by atoms with Crippen LogP contribution in [0.15, 0.2) is 24.4 Å². The van der Waals surface area contributed by atoms with Crippen molar-refractivity contribution in [3.8, 4) is 11.5 Å². The minimum absolute atomic E-state index is 0.152. The molecule has 1 N–H and O–H groups in total. The van der Waals surface area contributed by atoms with Gasteiger partial charge in [-0.05, 0) is 6.07 Å². The van der Waals surface area contributed by atoms with Gasteiger partial charge in [0, 0.05) is 18.3 Å². The second-order valence-electron chi connectivity index (χ2n) is 4.93. The Hall–Kier alpha value is -2.09. The molecule has 0 radical (unpaired) electrons. The normalized spacial score (nSPS) is 13.1. The average molecular weight is 382 g/mol. The summed E-state index contributed by atoms with van der Waals surface area (Å²) in [5.74, 6) is 0.979. The molecule has 122 valence electrons. The van der Waals surface area contributed by atoms with Crippen molar-refractivity contribution in [3.63, 3.8) is 0 Å². The minimum Gasteiger partial charge on any atom is -0.486 e. The molecule has 0 unspecified atom stereocenters. The molecule has 0 bridgehead atoms. The molecule has 9 heteroatoms. The predicted octanol–water partition coefficient (Wildman–Crippen LogP) is 4.02. The summed E-state index contributed by atoms with van der Waals surface area (Å²) in [6.45, 7) is 1.03. The third-order valence-corrected chi connectivity index (χ3v) is 4.95. The fourth-order valence-electron chi connectivity index (χ4n) is 2.23. The molecule has 3 heterocycles. The zero-order valence-electron chi connectivity index (χ0n) is 12.0. The number of rotatable bonds is 2. The number of hydrogen-bond donors (Lipinski definition) is 1. The molecular weight excluding hydrogens is 373 g/mol. The lowest BCUT2D eigenvalue weighted by atomic mass is 10.3. The molecule has 1 aromatic carbocycles. The van der Waals surface area contributed by atoms with E-state index in [2.05, 4.69) is 15.3 Å². The summed E-state index contributed by atoms with van der Waals surface area (Å²) in [7, 11) is 0. The van der Waals surface area contributed by atoms with Crippen LogP contribution < -0.4 is 14.8 Å². The number of halogens is 2. The van der Waals surface area contributed by atoms with Crippen molar-refractivity contribution in [2.45, 2.75) is 0 Å². The van der Waals surface area contributed by atoms with Crippen LogP contribution in [-0.4, -0.2) is 29.1 Å². The maximum absolute atomic E-state index is 12.3. The number of anilines is 1. The molecule has 2 aromatic heterocycles. The first-order chi connectivity index (χ1) is 11.6. The standard InChI is InChI=1S/C15H9Cl2N3O3S/c16-8-3-7(6-18-13(8)17)14(21)20-15-19-9-4-10-11(5-12(9)24-15)23-2-1-22-10/h3-6H,1-2H2,(H,19,20,21). The average Bonchev–Trinajstić information content (AvgIpc) is 2.96. The topological polar surface area (TPSA) is 73.3 Å². The lowest BCUT2D eigenvalue weighted by molar-refractivity contribution is 0.102. The van der Waals surface area contributed by atoms with E-state index >= 15 is 0 Å². The Balaban J connectivity index is 1.62. The molecule has 6 nitrogen and oxygen atoms in total. The van der Waals surface area contributed by atoms with Crippen molar-refractivity contribution < 1.29 is 14.3 Å². The molecule has 0 aliphatic carbocycles. The van der Waals surface area contributed by atoms with Crippen LogP contribution in [0.2, 0.25) is 10.2 Å². The second kappa shape index (κ2) is 6.08. The number of fused-ring (bicyclic) bond motifs is 2. The van der Waals surface area contributed by atoms with Gasteiger partial charge >= 0.3 is 0 Å². The van der Waals surface area contributed by atoms with E-state index in [4.69, 9.17) is 32.7 Å². The zero-order valence-corrected chi connectivity index (χ0v) is 14.3. The van der Waals surface area contributed by atoms with Gasteiger partial charge in [-0.1, -0.05) is 34.5 Å². The molecule has 1 aliphatic heterocycles.